The SMILES string of the molecule is O=C1C(Nc2cccc(F)c2)=C(c2cccs2)C(=O)N1Cc1ccc(Cl)cc1. The van der Waals surface area contributed by atoms with Crippen LogP contribution in [0.1, 0.15) is 10.4 Å². The van der Waals surface area contributed by atoms with Gasteiger partial charge in [0, 0.05) is 15.6 Å². The lowest BCUT2D eigenvalue weighted by Crippen LogP contribution is -2.31. The highest BCUT2D eigenvalue weighted by atomic mass is 35.5. The molecule has 4 nitrogen and oxygen atoms in total. The van der Waals surface area contributed by atoms with Crippen molar-refractivity contribution in [1.29, 1.82) is 0 Å². The van der Waals surface area contributed by atoms with Crippen molar-refractivity contribution in [2.75, 3.05) is 5.32 Å². The average molecular weight is 413 g/mol. The molecule has 2 amide bonds. The number of nitrogens with zero attached hydrogens (tertiary/aromatic N) is 1. The fourth-order valence-corrected chi connectivity index (χ4v) is 3.86. The maximum atomic E-state index is 13.6. The largest absolute Gasteiger partial charge is 0.350 e. The molecule has 7 heteroatoms. The second kappa shape index (κ2) is 7.58. The zero-order valence-corrected chi connectivity index (χ0v) is 16.1. The summed E-state index contributed by atoms with van der Waals surface area (Å²) < 4.78 is 13.6. The van der Waals surface area contributed by atoms with Crippen molar-refractivity contribution in [3.8, 4) is 0 Å². The average Bonchev–Trinajstić information content (AvgIpc) is 3.27. The van der Waals surface area contributed by atoms with Crippen LogP contribution in [0.25, 0.3) is 5.57 Å². The summed E-state index contributed by atoms with van der Waals surface area (Å²) in [5, 5.41) is 5.35. The summed E-state index contributed by atoms with van der Waals surface area (Å²) in [6.07, 6.45) is 0. The monoisotopic (exact) mass is 412 g/mol. The highest BCUT2D eigenvalue weighted by molar-refractivity contribution is 7.11. The fraction of sp³-hybridized carbons (Fsp3) is 0.0476. The number of halogens is 2. The lowest BCUT2D eigenvalue weighted by Gasteiger charge is -2.15. The molecule has 0 saturated heterocycles. The minimum absolute atomic E-state index is 0.123. The number of amides is 2. The van der Waals surface area contributed by atoms with Gasteiger partial charge in [0.2, 0.25) is 0 Å². The van der Waals surface area contributed by atoms with Crippen LogP contribution in [0.3, 0.4) is 0 Å². The molecule has 0 saturated carbocycles. The molecule has 1 aromatic heterocycles. The summed E-state index contributed by atoms with van der Waals surface area (Å²) in [7, 11) is 0. The number of hydrogen-bond acceptors (Lipinski definition) is 4. The molecule has 0 spiro atoms. The summed E-state index contributed by atoms with van der Waals surface area (Å²) in [4.78, 5) is 28.0. The topological polar surface area (TPSA) is 49.4 Å². The van der Waals surface area contributed by atoms with E-state index in [9.17, 15) is 14.0 Å². The summed E-state index contributed by atoms with van der Waals surface area (Å²) >= 11 is 7.27. The van der Waals surface area contributed by atoms with E-state index < -0.39 is 11.7 Å². The first-order valence-electron chi connectivity index (χ1n) is 8.44. The standard InChI is InChI=1S/C21H14ClFN2O2S/c22-14-8-6-13(7-9-14)12-25-20(26)18(17-5-2-10-28-17)19(21(25)27)24-16-4-1-3-15(23)11-16/h1-11,24H,12H2. The second-order valence-corrected chi connectivity index (χ2v) is 7.57. The van der Waals surface area contributed by atoms with Gasteiger partial charge >= 0.3 is 0 Å². The Morgan fingerprint density at radius 1 is 1.00 bits per heavy atom. The molecule has 0 radical (unpaired) electrons. The van der Waals surface area contributed by atoms with E-state index >= 15 is 0 Å². The zero-order valence-electron chi connectivity index (χ0n) is 14.5. The Labute approximate surface area is 169 Å². The highest BCUT2D eigenvalue weighted by Gasteiger charge is 2.39. The number of carbonyl (C=O) groups excluding carboxylic acids is 2. The van der Waals surface area contributed by atoms with Crippen LogP contribution in [0.4, 0.5) is 10.1 Å². The number of carbonyl (C=O) groups is 2. The van der Waals surface area contributed by atoms with E-state index in [0.717, 1.165) is 5.56 Å². The van der Waals surface area contributed by atoms with Gasteiger partial charge in [-0.2, -0.15) is 0 Å². The van der Waals surface area contributed by atoms with Crippen molar-refractivity contribution >= 4 is 46.0 Å². The Morgan fingerprint density at radius 2 is 1.79 bits per heavy atom. The quantitative estimate of drug-likeness (QED) is 0.604. The first-order valence-corrected chi connectivity index (χ1v) is 9.70. The molecule has 1 aliphatic rings. The predicted octanol–water partition coefficient (Wildman–Crippen LogP) is 4.93. The van der Waals surface area contributed by atoms with E-state index in [4.69, 9.17) is 11.6 Å². The van der Waals surface area contributed by atoms with E-state index in [1.165, 1.54) is 34.4 Å². The molecule has 140 valence electrons. The van der Waals surface area contributed by atoms with Gasteiger partial charge in [-0.15, -0.1) is 11.3 Å². The number of anilines is 1. The van der Waals surface area contributed by atoms with Crippen molar-refractivity contribution in [2.45, 2.75) is 6.54 Å². The first-order chi connectivity index (χ1) is 13.5. The third kappa shape index (κ3) is 3.56. The summed E-state index contributed by atoms with van der Waals surface area (Å²) in [5.74, 6) is -1.27. The van der Waals surface area contributed by atoms with E-state index in [1.54, 1.807) is 36.4 Å². The molecule has 2 aromatic carbocycles. The number of rotatable bonds is 5. The molecule has 1 aliphatic heterocycles. The van der Waals surface area contributed by atoms with Crippen LogP contribution < -0.4 is 5.32 Å². The second-order valence-electron chi connectivity index (χ2n) is 6.19. The van der Waals surface area contributed by atoms with Gasteiger partial charge in [-0.1, -0.05) is 35.9 Å². The predicted molar refractivity (Wildman–Crippen MR) is 108 cm³/mol. The van der Waals surface area contributed by atoms with Crippen LogP contribution in [0.15, 0.2) is 71.7 Å². The molecule has 0 atom stereocenters. The number of imide groups is 1. The highest BCUT2D eigenvalue weighted by Crippen LogP contribution is 2.33. The van der Waals surface area contributed by atoms with E-state index in [0.29, 0.717) is 21.2 Å². The molecule has 0 unspecified atom stereocenters. The Kier molecular flexibility index (Phi) is 4.98. The third-order valence-corrected chi connectivity index (χ3v) is 5.42. The molecule has 4 rings (SSSR count). The molecule has 3 aromatic rings. The van der Waals surface area contributed by atoms with Gasteiger partial charge in [-0.05, 0) is 47.3 Å². The van der Waals surface area contributed by atoms with Crippen molar-refractivity contribution in [2.24, 2.45) is 0 Å². The van der Waals surface area contributed by atoms with Gasteiger partial charge < -0.3 is 5.32 Å². The van der Waals surface area contributed by atoms with Crippen LogP contribution in [0.2, 0.25) is 5.02 Å². The molecule has 0 aliphatic carbocycles. The van der Waals surface area contributed by atoms with Crippen LogP contribution in [-0.2, 0) is 16.1 Å². The maximum absolute atomic E-state index is 13.6. The lowest BCUT2D eigenvalue weighted by atomic mass is 10.2. The molecular formula is C21H14ClFN2O2S. The zero-order chi connectivity index (χ0) is 19.7. The van der Waals surface area contributed by atoms with Crippen molar-refractivity contribution < 1.29 is 14.0 Å². The number of thiophene rings is 1. The smallest absolute Gasteiger partial charge is 0.278 e. The third-order valence-electron chi connectivity index (χ3n) is 4.28. The minimum atomic E-state index is -0.451. The molecule has 0 fully saturated rings. The van der Waals surface area contributed by atoms with Gasteiger partial charge in [0.25, 0.3) is 11.8 Å². The minimum Gasteiger partial charge on any atom is -0.350 e. The molecular weight excluding hydrogens is 399 g/mol. The first kappa shape index (κ1) is 18.4. The Hall–Kier alpha value is -2.96. The fourth-order valence-electron chi connectivity index (χ4n) is 2.97. The van der Waals surface area contributed by atoms with Gasteiger partial charge in [-0.25, -0.2) is 4.39 Å². The Balaban J connectivity index is 1.70. The normalized spacial score (nSPS) is 14.1. The molecule has 2 heterocycles. The number of benzene rings is 2. The van der Waals surface area contributed by atoms with Crippen molar-refractivity contribution in [3.05, 3.63) is 93.0 Å². The molecule has 28 heavy (non-hydrogen) atoms. The van der Waals surface area contributed by atoms with E-state index in [1.807, 2.05) is 11.4 Å². The van der Waals surface area contributed by atoms with Crippen LogP contribution in [-0.4, -0.2) is 16.7 Å². The van der Waals surface area contributed by atoms with Crippen LogP contribution >= 0.6 is 22.9 Å². The van der Waals surface area contributed by atoms with Gasteiger partial charge in [-0.3, -0.25) is 14.5 Å². The number of nitrogens with one attached hydrogen (secondary N) is 1. The summed E-state index contributed by atoms with van der Waals surface area (Å²) in [6, 6.07) is 16.3. The molecule has 1 N–H and O–H groups in total. The number of hydrogen-bond donors (Lipinski definition) is 1. The van der Waals surface area contributed by atoms with Gasteiger partial charge in [0.05, 0.1) is 12.1 Å². The van der Waals surface area contributed by atoms with Crippen molar-refractivity contribution in [3.63, 3.8) is 0 Å². The molecule has 0 bridgehead atoms. The van der Waals surface area contributed by atoms with Gasteiger partial charge in [0.15, 0.2) is 0 Å². The lowest BCUT2D eigenvalue weighted by molar-refractivity contribution is -0.137. The van der Waals surface area contributed by atoms with E-state index in [2.05, 4.69) is 5.32 Å². The van der Waals surface area contributed by atoms with E-state index in [-0.39, 0.29) is 18.1 Å². The maximum Gasteiger partial charge on any atom is 0.278 e. The van der Waals surface area contributed by atoms with Gasteiger partial charge in [0.1, 0.15) is 11.5 Å². The summed E-state index contributed by atoms with van der Waals surface area (Å²) in [6.45, 7) is 0.123. The van der Waals surface area contributed by atoms with Crippen molar-refractivity contribution in [1.82, 2.24) is 4.90 Å². The van der Waals surface area contributed by atoms with Crippen LogP contribution in [0.5, 0.6) is 0 Å². The summed E-state index contributed by atoms with van der Waals surface area (Å²) in [5.41, 5.74) is 1.62. The van der Waals surface area contributed by atoms with Crippen LogP contribution in [0, 0.1) is 5.82 Å². The Bertz CT molecular complexity index is 1080. The Morgan fingerprint density at radius 3 is 2.46 bits per heavy atom.